The van der Waals surface area contributed by atoms with Crippen molar-refractivity contribution in [1.82, 2.24) is 9.88 Å². The maximum atomic E-state index is 5.42. The summed E-state index contributed by atoms with van der Waals surface area (Å²) in [6, 6.07) is 3.79. The number of pyridine rings is 1. The molecule has 6 heteroatoms. The largest absolute Gasteiger partial charge is 0.380 e. The molecule has 0 amide bonds. The molecule has 1 heterocycles. The van der Waals surface area contributed by atoms with Gasteiger partial charge in [-0.15, -0.1) is 0 Å². The number of rotatable bonds is 11. The normalized spacial score (nSPS) is 11.0. The zero-order chi connectivity index (χ0) is 14.6. The summed E-state index contributed by atoms with van der Waals surface area (Å²) >= 11 is 0. The second-order valence-corrected chi connectivity index (χ2v) is 4.35. The molecule has 1 aromatic heterocycles. The van der Waals surface area contributed by atoms with Crippen molar-refractivity contribution in [3.63, 3.8) is 0 Å². The van der Waals surface area contributed by atoms with Gasteiger partial charge >= 0.3 is 0 Å². The zero-order valence-corrected chi connectivity index (χ0v) is 12.5. The molecule has 0 aliphatic heterocycles. The lowest BCUT2D eigenvalue weighted by Gasteiger charge is -2.21. The predicted molar refractivity (Wildman–Crippen MR) is 80.3 cm³/mol. The zero-order valence-electron chi connectivity index (χ0n) is 12.5. The van der Waals surface area contributed by atoms with E-state index in [0.29, 0.717) is 0 Å². The lowest BCUT2D eigenvalue weighted by Crippen LogP contribution is -2.31. The van der Waals surface area contributed by atoms with Gasteiger partial charge < -0.3 is 14.9 Å². The molecule has 20 heavy (non-hydrogen) atoms. The van der Waals surface area contributed by atoms with Gasteiger partial charge in [-0.3, -0.25) is 15.7 Å². The fourth-order valence-corrected chi connectivity index (χ4v) is 1.83. The molecule has 0 aliphatic carbocycles. The molecule has 0 aliphatic rings. The molecule has 0 atom stereocenters. The molecule has 0 aromatic carbocycles. The summed E-state index contributed by atoms with van der Waals surface area (Å²) in [7, 11) is 0. The van der Waals surface area contributed by atoms with Crippen molar-refractivity contribution in [1.29, 1.82) is 0 Å². The minimum atomic E-state index is 0.720. The molecule has 3 N–H and O–H groups in total. The number of ether oxygens (including phenoxy) is 2. The summed E-state index contributed by atoms with van der Waals surface area (Å²) in [6.07, 6.45) is 1.76. The van der Waals surface area contributed by atoms with Crippen molar-refractivity contribution in [2.75, 3.05) is 44.9 Å². The van der Waals surface area contributed by atoms with E-state index in [2.05, 4.69) is 15.3 Å². The third-order valence-electron chi connectivity index (χ3n) is 2.88. The van der Waals surface area contributed by atoms with Crippen molar-refractivity contribution in [3.05, 3.63) is 24.0 Å². The molecule has 6 nitrogen and oxygen atoms in total. The summed E-state index contributed by atoms with van der Waals surface area (Å²) in [5.74, 6) is 5.41. The Bertz CT molecular complexity index is 353. The van der Waals surface area contributed by atoms with Crippen LogP contribution in [0.2, 0.25) is 0 Å². The van der Waals surface area contributed by atoms with Gasteiger partial charge in [0.15, 0.2) is 0 Å². The Morgan fingerprint density at radius 1 is 1.20 bits per heavy atom. The van der Waals surface area contributed by atoms with Crippen molar-refractivity contribution in [3.8, 4) is 0 Å². The molecule has 0 fully saturated rings. The van der Waals surface area contributed by atoms with Gasteiger partial charge in [0, 0.05) is 39.0 Å². The summed E-state index contributed by atoms with van der Waals surface area (Å²) in [4.78, 5) is 6.64. The average molecular weight is 282 g/mol. The van der Waals surface area contributed by atoms with Crippen LogP contribution >= 0.6 is 0 Å². The molecule has 114 valence electrons. The first-order chi connectivity index (χ1) is 9.80. The number of aromatic nitrogens is 1. The molecule has 0 radical (unpaired) electrons. The Hall–Kier alpha value is -1.21. The lowest BCUT2D eigenvalue weighted by molar-refractivity contribution is 0.0793. The molecule has 1 aromatic rings. The summed E-state index contributed by atoms with van der Waals surface area (Å²) in [5, 5.41) is 0. The maximum Gasteiger partial charge on any atom is 0.0593 e. The Balaban J connectivity index is 2.51. The van der Waals surface area contributed by atoms with Crippen LogP contribution in [-0.2, 0) is 16.0 Å². The van der Waals surface area contributed by atoms with E-state index in [1.807, 2.05) is 26.0 Å². The first-order valence-electron chi connectivity index (χ1n) is 7.09. The standard InChI is InChI=1S/C14H26N4O2/c1-3-19-9-7-18(8-10-20-4-2)12-14-11-13(17-15)5-6-16-14/h5-6,11H,3-4,7-10,12,15H2,1-2H3,(H,16,17). The number of nitrogens with one attached hydrogen (secondary N) is 1. The van der Waals surface area contributed by atoms with Crippen molar-refractivity contribution in [2.45, 2.75) is 20.4 Å². The van der Waals surface area contributed by atoms with Gasteiger partial charge in [0.1, 0.15) is 0 Å². The number of nitrogens with zero attached hydrogens (tertiary/aromatic N) is 2. The Labute approximate surface area is 121 Å². The quantitative estimate of drug-likeness (QED) is 0.361. The van der Waals surface area contributed by atoms with Gasteiger partial charge in [-0.25, -0.2) is 0 Å². The molecule has 0 bridgehead atoms. The van der Waals surface area contributed by atoms with E-state index in [1.165, 1.54) is 0 Å². The van der Waals surface area contributed by atoms with Crippen LogP contribution in [0.4, 0.5) is 5.69 Å². The van der Waals surface area contributed by atoms with E-state index >= 15 is 0 Å². The van der Waals surface area contributed by atoms with Crippen LogP contribution in [0.25, 0.3) is 0 Å². The van der Waals surface area contributed by atoms with Crippen LogP contribution in [0.3, 0.4) is 0 Å². The van der Waals surface area contributed by atoms with Crippen molar-refractivity contribution in [2.24, 2.45) is 5.84 Å². The molecule has 0 unspecified atom stereocenters. The van der Waals surface area contributed by atoms with E-state index in [1.54, 1.807) is 6.20 Å². The van der Waals surface area contributed by atoms with E-state index in [0.717, 1.165) is 57.4 Å². The number of hydrogen-bond donors (Lipinski definition) is 2. The predicted octanol–water partition coefficient (Wildman–Crippen LogP) is 1.24. The maximum absolute atomic E-state index is 5.42. The van der Waals surface area contributed by atoms with Gasteiger partial charge in [0.2, 0.25) is 0 Å². The number of hydrazine groups is 1. The van der Waals surface area contributed by atoms with Gasteiger partial charge in [-0.05, 0) is 26.0 Å². The first-order valence-corrected chi connectivity index (χ1v) is 7.09. The second kappa shape index (κ2) is 10.6. The van der Waals surface area contributed by atoms with Gasteiger partial charge in [0.25, 0.3) is 0 Å². The summed E-state index contributed by atoms with van der Waals surface area (Å²) < 4.78 is 10.8. The van der Waals surface area contributed by atoms with Gasteiger partial charge in [-0.1, -0.05) is 0 Å². The minimum absolute atomic E-state index is 0.720. The molecule has 0 saturated carbocycles. The molecular formula is C14H26N4O2. The fourth-order valence-electron chi connectivity index (χ4n) is 1.83. The third kappa shape index (κ3) is 6.81. The highest BCUT2D eigenvalue weighted by atomic mass is 16.5. The minimum Gasteiger partial charge on any atom is -0.380 e. The summed E-state index contributed by atoms with van der Waals surface area (Å²) in [5.41, 5.74) is 4.48. The smallest absolute Gasteiger partial charge is 0.0593 e. The lowest BCUT2D eigenvalue weighted by atomic mass is 10.3. The highest BCUT2D eigenvalue weighted by Crippen LogP contribution is 2.08. The number of nitrogens with two attached hydrogens (primary N) is 1. The Kier molecular flexibility index (Phi) is 8.90. The van der Waals surface area contributed by atoms with Crippen LogP contribution in [-0.4, -0.2) is 49.4 Å². The molecule has 1 rings (SSSR count). The van der Waals surface area contributed by atoms with E-state index in [4.69, 9.17) is 15.3 Å². The van der Waals surface area contributed by atoms with Crippen LogP contribution in [0.15, 0.2) is 18.3 Å². The fraction of sp³-hybridized carbons (Fsp3) is 0.643. The SMILES string of the molecule is CCOCCN(CCOCC)Cc1cc(NN)ccn1. The van der Waals surface area contributed by atoms with Crippen molar-refractivity contribution >= 4 is 5.69 Å². The molecule has 0 spiro atoms. The topological polar surface area (TPSA) is 72.6 Å². The number of anilines is 1. The molecular weight excluding hydrogens is 256 g/mol. The van der Waals surface area contributed by atoms with Crippen LogP contribution in [0.5, 0.6) is 0 Å². The number of hydrogen-bond acceptors (Lipinski definition) is 6. The third-order valence-corrected chi connectivity index (χ3v) is 2.88. The second-order valence-electron chi connectivity index (χ2n) is 4.35. The average Bonchev–Trinajstić information content (AvgIpc) is 2.47. The van der Waals surface area contributed by atoms with Crippen molar-refractivity contribution < 1.29 is 9.47 Å². The van der Waals surface area contributed by atoms with E-state index in [-0.39, 0.29) is 0 Å². The van der Waals surface area contributed by atoms with Gasteiger partial charge in [0.05, 0.1) is 24.6 Å². The van der Waals surface area contributed by atoms with Gasteiger partial charge in [-0.2, -0.15) is 0 Å². The monoisotopic (exact) mass is 282 g/mol. The highest BCUT2D eigenvalue weighted by Gasteiger charge is 2.07. The van der Waals surface area contributed by atoms with E-state index in [9.17, 15) is 0 Å². The first kappa shape index (κ1) is 16.8. The number of nitrogen functional groups attached to an aromatic ring is 1. The Morgan fingerprint density at radius 3 is 2.40 bits per heavy atom. The van der Waals surface area contributed by atoms with Crippen LogP contribution < -0.4 is 11.3 Å². The highest BCUT2D eigenvalue weighted by molar-refractivity contribution is 5.41. The molecule has 0 saturated heterocycles. The van der Waals surface area contributed by atoms with Crippen LogP contribution in [0.1, 0.15) is 19.5 Å². The van der Waals surface area contributed by atoms with Crippen LogP contribution in [0, 0.1) is 0 Å². The van der Waals surface area contributed by atoms with E-state index < -0.39 is 0 Å². The Morgan fingerprint density at radius 2 is 1.85 bits per heavy atom. The summed E-state index contributed by atoms with van der Waals surface area (Å²) in [6.45, 7) is 9.41.